The van der Waals surface area contributed by atoms with E-state index in [1.54, 1.807) is 17.6 Å². The minimum Gasteiger partial charge on any atom is -0.313 e. The second kappa shape index (κ2) is 7.44. The number of H-pyrrole nitrogens is 1. The molecule has 6 nitrogen and oxygen atoms in total. The normalized spacial score (nSPS) is 13.6. The molecule has 0 amide bonds. The molecule has 0 saturated carbocycles. The quantitative estimate of drug-likeness (QED) is 0.631. The lowest BCUT2D eigenvalue weighted by atomic mass is 9.92. The third-order valence-corrected chi connectivity index (χ3v) is 6.59. The van der Waals surface area contributed by atoms with E-state index in [4.69, 9.17) is 0 Å². The molecule has 3 aromatic heterocycles. The fourth-order valence-electron chi connectivity index (χ4n) is 2.70. The molecular formula is C19H22N4O2S2. The summed E-state index contributed by atoms with van der Waals surface area (Å²) in [6.45, 7) is 10.5. The molecule has 4 rings (SSSR count). The molecular weight excluding hydrogens is 380 g/mol. The second-order valence-electron chi connectivity index (χ2n) is 7.65. The Hall–Kier alpha value is -2.19. The highest BCUT2D eigenvalue weighted by Crippen LogP contribution is 2.39. The highest BCUT2D eigenvalue weighted by Gasteiger charge is 2.28. The second-order valence-corrected chi connectivity index (χ2v) is 9.33. The molecule has 0 fully saturated rings. The van der Waals surface area contributed by atoms with Gasteiger partial charge >= 0.3 is 0 Å². The lowest BCUT2D eigenvalue weighted by Gasteiger charge is -2.17. The number of carbonyl (C=O) groups is 1. The first-order valence-electron chi connectivity index (χ1n) is 8.70. The molecule has 0 bridgehead atoms. The Kier molecular flexibility index (Phi) is 5.39. The van der Waals surface area contributed by atoms with Crippen LogP contribution >= 0.6 is 22.9 Å². The maximum atomic E-state index is 11.5. The molecule has 1 aliphatic rings. The fourth-order valence-corrected chi connectivity index (χ4v) is 4.59. The van der Waals surface area contributed by atoms with E-state index in [-0.39, 0.29) is 16.8 Å². The molecule has 0 unspecified atom stereocenters. The highest BCUT2D eigenvalue weighted by molar-refractivity contribution is 7.11. The van der Waals surface area contributed by atoms with Gasteiger partial charge in [0.15, 0.2) is 5.78 Å². The Morgan fingerprint density at radius 2 is 1.96 bits per heavy atom. The summed E-state index contributed by atoms with van der Waals surface area (Å²) in [5, 5.41) is 2.58. The van der Waals surface area contributed by atoms with Crippen LogP contribution in [0.2, 0.25) is 0 Å². The van der Waals surface area contributed by atoms with Gasteiger partial charge < -0.3 is 4.98 Å². The molecule has 27 heavy (non-hydrogen) atoms. The number of rotatable bonds is 1. The van der Waals surface area contributed by atoms with Gasteiger partial charge in [0.25, 0.3) is 5.56 Å². The van der Waals surface area contributed by atoms with E-state index in [1.807, 2.05) is 5.38 Å². The van der Waals surface area contributed by atoms with Crippen LogP contribution in [-0.2, 0) is 5.41 Å². The molecule has 0 aliphatic carbocycles. The summed E-state index contributed by atoms with van der Waals surface area (Å²) in [6.07, 6.45) is 3.53. The van der Waals surface area contributed by atoms with E-state index in [9.17, 15) is 9.59 Å². The number of hydrogen-bond donors (Lipinski definition) is 1. The van der Waals surface area contributed by atoms with Crippen molar-refractivity contribution >= 4 is 51.5 Å². The van der Waals surface area contributed by atoms with Gasteiger partial charge in [0, 0.05) is 28.3 Å². The van der Waals surface area contributed by atoms with Crippen molar-refractivity contribution in [3.63, 3.8) is 0 Å². The van der Waals surface area contributed by atoms with Crippen LogP contribution in [0.25, 0.3) is 10.9 Å². The number of Topliss-reactive ketones (excluding diaryl/α,β-unsaturated/α-hetero) is 1. The fraction of sp³-hybridized carbons (Fsp3) is 0.421. The summed E-state index contributed by atoms with van der Waals surface area (Å²) in [7, 11) is 0. The molecule has 0 aromatic carbocycles. The van der Waals surface area contributed by atoms with Crippen LogP contribution in [0.5, 0.6) is 0 Å². The molecule has 1 aliphatic heterocycles. The first-order valence-corrected chi connectivity index (χ1v) is 10.4. The Bertz CT molecular complexity index is 1070. The summed E-state index contributed by atoms with van der Waals surface area (Å²) < 4.78 is 4.18. The number of thiophene rings is 1. The van der Waals surface area contributed by atoms with Crippen molar-refractivity contribution in [2.24, 2.45) is 4.99 Å². The number of nitrogens with one attached hydrogen (secondary N) is 1. The third-order valence-electron chi connectivity index (χ3n) is 4.06. The van der Waals surface area contributed by atoms with Crippen molar-refractivity contribution in [1.29, 1.82) is 0 Å². The average molecular weight is 403 g/mol. The van der Waals surface area contributed by atoms with Crippen molar-refractivity contribution in [1.82, 2.24) is 14.3 Å². The smallest absolute Gasteiger partial charge is 0.259 e. The molecule has 0 atom stereocenters. The van der Waals surface area contributed by atoms with Crippen molar-refractivity contribution in [3.8, 4) is 0 Å². The zero-order chi connectivity index (χ0) is 19.8. The monoisotopic (exact) mass is 402 g/mol. The number of aliphatic imine (C=N–C) groups is 1. The molecule has 142 valence electrons. The summed E-state index contributed by atoms with van der Waals surface area (Å²) in [5.41, 5.74) is 2.17. The van der Waals surface area contributed by atoms with Crippen molar-refractivity contribution in [3.05, 3.63) is 37.5 Å². The van der Waals surface area contributed by atoms with Crippen LogP contribution in [0.15, 0.2) is 21.5 Å². The maximum absolute atomic E-state index is 11.5. The standard InChI is InChI=1S/C10H12N2OS.C9H10N2OS/c1-10(2,3)9-8-7(12-14-9)6(13)4-5-11-8;1-5(2)8-7-6(3-13-8)9(12)11-4-10-7/h5H,4H2,1-3H3;3-5H,1-2H3,(H,10,11,12). The van der Waals surface area contributed by atoms with Gasteiger partial charge in [0.2, 0.25) is 0 Å². The molecule has 4 heterocycles. The van der Waals surface area contributed by atoms with Crippen LogP contribution in [0.4, 0.5) is 5.69 Å². The van der Waals surface area contributed by atoms with Crippen LogP contribution in [0.3, 0.4) is 0 Å². The Morgan fingerprint density at radius 3 is 2.63 bits per heavy atom. The van der Waals surface area contributed by atoms with Gasteiger partial charge in [-0.1, -0.05) is 34.6 Å². The van der Waals surface area contributed by atoms with Crippen LogP contribution in [-0.4, -0.2) is 26.3 Å². The van der Waals surface area contributed by atoms with Gasteiger partial charge in [0.1, 0.15) is 11.4 Å². The van der Waals surface area contributed by atoms with Gasteiger partial charge in [-0.15, -0.1) is 11.3 Å². The van der Waals surface area contributed by atoms with Gasteiger partial charge in [-0.3, -0.25) is 14.6 Å². The van der Waals surface area contributed by atoms with E-state index < -0.39 is 0 Å². The first-order chi connectivity index (χ1) is 12.7. The molecule has 0 spiro atoms. The van der Waals surface area contributed by atoms with E-state index in [0.717, 1.165) is 16.1 Å². The number of hydrogen-bond acceptors (Lipinski definition) is 7. The number of fused-ring (bicyclic) bond motifs is 2. The average Bonchev–Trinajstić information content (AvgIpc) is 3.20. The molecule has 1 N–H and O–H groups in total. The third kappa shape index (κ3) is 3.91. The zero-order valence-corrected chi connectivity index (χ0v) is 17.6. The van der Waals surface area contributed by atoms with E-state index >= 15 is 0 Å². The maximum Gasteiger partial charge on any atom is 0.259 e. The number of nitrogens with zero attached hydrogens (tertiary/aromatic N) is 3. The summed E-state index contributed by atoms with van der Waals surface area (Å²) in [6, 6.07) is 0. The molecule has 8 heteroatoms. The topological polar surface area (TPSA) is 88.1 Å². The van der Waals surface area contributed by atoms with E-state index in [1.165, 1.54) is 22.7 Å². The van der Waals surface area contributed by atoms with Gasteiger partial charge in [-0.05, 0) is 17.5 Å². The Balaban J connectivity index is 0.000000156. The summed E-state index contributed by atoms with van der Waals surface area (Å²) in [4.78, 5) is 36.1. The molecule has 0 radical (unpaired) electrons. The van der Waals surface area contributed by atoms with E-state index in [0.29, 0.717) is 23.4 Å². The minimum atomic E-state index is -0.0480. The van der Waals surface area contributed by atoms with E-state index in [2.05, 4.69) is 54.0 Å². The van der Waals surface area contributed by atoms with Crippen molar-refractivity contribution < 1.29 is 4.79 Å². The van der Waals surface area contributed by atoms with Gasteiger partial charge in [-0.25, -0.2) is 4.98 Å². The highest BCUT2D eigenvalue weighted by atomic mass is 32.1. The van der Waals surface area contributed by atoms with Crippen molar-refractivity contribution in [2.75, 3.05) is 0 Å². The number of aromatic nitrogens is 3. The predicted molar refractivity (Wildman–Crippen MR) is 112 cm³/mol. The first kappa shape index (κ1) is 19.6. The number of carbonyl (C=O) groups excluding carboxylic acids is 1. The Morgan fingerprint density at radius 1 is 1.22 bits per heavy atom. The van der Waals surface area contributed by atoms with Crippen LogP contribution in [0, 0.1) is 0 Å². The molecule has 3 aromatic rings. The number of ketones is 1. The lowest BCUT2D eigenvalue weighted by molar-refractivity contribution is 0.0997. The summed E-state index contributed by atoms with van der Waals surface area (Å²) >= 11 is 2.99. The van der Waals surface area contributed by atoms with Gasteiger partial charge in [0.05, 0.1) is 22.1 Å². The SMILES string of the molecule is CC(C)(C)c1snc2c1N=CCC2=O.CC(C)c1scc2c(=O)[nH]cnc12. The lowest BCUT2D eigenvalue weighted by Crippen LogP contribution is -2.11. The van der Waals surface area contributed by atoms with Crippen LogP contribution in [0.1, 0.15) is 67.2 Å². The number of aromatic amines is 1. The van der Waals surface area contributed by atoms with Crippen LogP contribution < -0.4 is 5.56 Å². The van der Waals surface area contributed by atoms with Gasteiger partial charge in [-0.2, -0.15) is 4.37 Å². The predicted octanol–water partition coefficient (Wildman–Crippen LogP) is 4.84. The largest absolute Gasteiger partial charge is 0.313 e. The molecule has 0 saturated heterocycles. The summed E-state index contributed by atoms with van der Waals surface area (Å²) in [5.74, 6) is 0.513. The zero-order valence-electron chi connectivity index (χ0n) is 16.0. The van der Waals surface area contributed by atoms with Crippen molar-refractivity contribution in [2.45, 2.75) is 52.4 Å². The Labute approximate surface area is 165 Å². The minimum absolute atomic E-state index is 0.0141.